The Bertz CT molecular complexity index is 579. The Morgan fingerprint density at radius 2 is 1.72 bits per heavy atom. The average Bonchev–Trinajstić information content (AvgIpc) is 2.35. The normalized spacial score (nSPS) is 10.2. The Hall–Kier alpha value is -2.23. The second-order valence-corrected chi connectivity index (χ2v) is 3.92. The molecule has 2 aromatic rings. The highest BCUT2D eigenvalue weighted by molar-refractivity contribution is 6.04. The standard InChI is InChI=1S/C14H11F2NO/c1-9-2-3-10(8-13(9)16)14(18)17-12-6-4-11(15)5-7-12/h2-8H,1H3,(H,17,18). The number of nitrogens with one attached hydrogen (secondary N) is 1. The lowest BCUT2D eigenvalue weighted by atomic mass is 10.1. The molecule has 0 aliphatic rings. The van der Waals surface area contributed by atoms with Crippen LogP contribution in [0.1, 0.15) is 15.9 Å². The Labute approximate surface area is 103 Å². The van der Waals surface area contributed by atoms with Gasteiger partial charge in [-0.3, -0.25) is 4.79 Å². The van der Waals surface area contributed by atoms with Gasteiger partial charge < -0.3 is 5.32 Å². The molecule has 0 saturated heterocycles. The van der Waals surface area contributed by atoms with Crippen LogP contribution in [0.15, 0.2) is 42.5 Å². The quantitative estimate of drug-likeness (QED) is 0.864. The molecular weight excluding hydrogens is 236 g/mol. The lowest BCUT2D eigenvalue weighted by molar-refractivity contribution is 0.102. The van der Waals surface area contributed by atoms with E-state index < -0.39 is 11.7 Å². The molecule has 1 amide bonds. The number of anilines is 1. The molecule has 2 aromatic carbocycles. The van der Waals surface area contributed by atoms with Crippen LogP contribution in [0.3, 0.4) is 0 Å². The molecule has 0 aliphatic carbocycles. The number of carbonyl (C=O) groups excluding carboxylic acids is 1. The van der Waals surface area contributed by atoms with Crippen LogP contribution in [0, 0.1) is 18.6 Å². The molecule has 18 heavy (non-hydrogen) atoms. The Morgan fingerprint density at radius 3 is 2.33 bits per heavy atom. The number of carbonyl (C=O) groups is 1. The van der Waals surface area contributed by atoms with E-state index in [1.807, 2.05) is 0 Å². The minimum absolute atomic E-state index is 0.224. The van der Waals surface area contributed by atoms with Crippen molar-refractivity contribution in [3.05, 3.63) is 65.2 Å². The molecule has 1 N–H and O–H groups in total. The molecule has 0 spiro atoms. The molecule has 4 heteroatoms. The van der Waals surface area contributed by atoms with Crippen molar-refractivity contribution in [1.82, 2.24) is 0 Å². The van der Waals surface area contributed by atoms with Gasteiger partial charge in [-0.25, -0.2) is 8.78 Å². The highest BCUT2D eigenvalue weighted by Crippen LogP contribution is 2.13. The van der Waals surface area contributed by atoms with Gasteiger partial charge in [0.05, 0.1) is 0 Å². The molecule has 0 heterocycles. The van der Waals surface area contributed by atoms with Crippen LogP contribution >= 0.6 is 0 Å². The topological polar surface area (TPSA) is 29.1 Å². The summed E-state index contributed by atoms with van der Waals surface area (Å²) >= 11 is 0. The van der Waals surface area contributed by atoms with Crippen LogP contribution in [-0.4, -0.2) is 5.91 Å². The van der Waals surface area contributed by atoms with E-state index in [9.17, 15) is 13.6 Å². The van der Waals surface area contributed by atoms with Gasteiger partial charge in [-0.15, -0.1) is 0 Å². The van der Waals surface area contributed by atoms with Crippen molar-refractivity contribution in [2.75, 3.05) is 5.32 Å². The maximum absolute atomic E-state index is 13.3. The van der Waals surface area contributed by atoms with E-state index >= 15 is 0 Å². The highest BCUT2D eigenvalue weighted by Gasteiger charge is 2.08. The third kappa shape index (κ3) is 2.71. The fraction of sp³-hybridized carbons (Fsp3) is 0.0714. The van der Waals surface area contributed by atoms with E-state index in [1.165, 1.54) is 42.5 Å². The lowest BCUT2D eigenvalue weighted by Gasteiger charge is -2.06. The van der Waals surface area contributed by atoms with Crippen molar-refractivity contribution in [2.45, 2.75) is 6.92 Å². The first-order valence-corrected chi connectivity index (χ1v) is 5.39. The van der Waals surface area contributed by atoms with E-state index in [0.29, 0.717) is 11.3 Å². The van der Waals surface area contributed by atoms with Gasteiger partial charge in [-0.05, 0) is 48.9 Å². The third-order valence-corrected chi connectivity index (χ3v) is 2.54. The third-order valence-electron chi connectivity index (χ3n) is 2.54. The number of aryl methyl sites for hydroxylation is 1. The van der Waals surface area contributed by atoms with Gasteiger partial charge in [-0.2, -0.15) is 0 Å². The van der Waals surface area contributed by atoms with Crippen molar-refractivity contribution in [1.29, 1.82) is 0 Å². The summed E-state index contributed by atoms with van der Waals surface area (Å²) in [6.45, 7) is 1.62. The molecule has 92 valence electrons. The summed E-state index contributed by atoms with van der Waals surface area (Å²) < 4.78 is 26.0. The molecule has 0 aliphatic heterocycles. The average molecular weight is 247 g/mol. The summed E-state index contributed by atoms with van der Waals surface area (Å²) in [5, 5.41) is 2.56. The summed E-state index contributed by atoms with van der Waals surface area (Å²) in [5.41, 5.74) is 1.16. The smallest absolute Gasteiger partial charge is 0.255 e. The van der Waals surface area contributed by atoms with Crippen molar-refractivity contribution < 1.29 is 13.6 Å². The molecule has 0 radical (unpaired) electrons. The number of halogens is 2. The van der Waals surface area contributed by atoms with Crippen LogP contribution in [-0.2, 0) is 0 Å². The van der Waals surface area contributed by atoms with Gasteiger partial charge in [0.25, 0.3) is 5.91 Å². The fourth-order valence-corrected chi connectivity index (χ4v) is 1.47. The van der Waals surface area contributed by atoms with Crippen molar-refractivity contribution >= 4 is 11.6 Å². The Kier molecular flexibility index (Phi) is 3.37. The van der Waals surface area contributed by atoms with Gasteiger partial charge >= 0.3 is 0 Å². The van der Waals surface area contributed by atoms with E-state index in [0.717, 1.165) is 0 Å². The van der Waals surface area contributed by atoms with Crippen LogP contribution in [0.25, 0.3) is 0 Å². The molecule has 0 aromatic heterocycles. The first kappa shape index (κ1) is 12.2. The molecule has 0 atom stereocenters. The lowest BCUT2D eigenvalue weighted by Crippen LogP contribution is -2.12. The number of amides is 1. The molecule has 2 nitrogen and oxygen atoms in total. The SMILES string of the molecule is Cc1ccc(C(=O)Nc2ccc(F)cc2)cc1F. The summed E-state index contributed by atoms with van der Waals surface area (Å²) in [6.07, 6.45) is 0. The summed E-state index contributed by atoms with van der Waals surface area (Å²) in [4.78, 5) is 11.8. The van der Waals surface area contributed by atoms with Gasteiger partial charge in [-0.1, -0.05) is 6.07 Å². The van der Waals surface area contributed by atoms with E-state index in [-0.39, 0.29) is 11.4 Å². The van der Waals surface area contributed by atoms with Crippen LogP contribution in [0.4, 0.5) is 14.5 Å². The number of hydrogen-bond donors (Lipinski definition) is 1. The van der Waals surface area contributed by atoms with E-state index in [1.54, 1.807) is 6.92 Å². The Balaban J connectivity index is 2.16. The predicted octanol–water partition coefficient (Wildman–Crippen LogP) is 3.53. The fourth-order valence-electron chi connectivity index (χ4n) is 1.47. The van der Waals surface area contributed by atoms with Crippen molar-refractivity contribution in [3.8, 4) is 0 Å². The monoisotopic (exact) mass is 247 g/mol. The minimum atomic E-state index is -0.430. The second-order valence-electron chi connectivity index (χ2n) is 3.92. The van der Waals surface area contributed by atoms with Gasteiger partial charge in [0.2, 0.25) is 0 Å². The molecule has 0 bridgehead atoms. The first-order chi connectivity index (χ1) is 8.56. The van der Waals surface area contributed by atoms with Crippen LogP contribution < -0.4 is 5.32 Å². The molecule has 0 saturated carbocycles. The number of hydrogen-bond acceptors (Lipinski definition) is 1. The predicted molar refractivity (Wildman–Crippen MR) is 65.5 cm³/mol. The van der Waals surface area contributed by atoms with Crippen molar-refractivity contribution in [2.24, 2.45) is 0 Å². The zero-order valence-corrected chi connectivity index (χ0v) is 9.71. The van der Waals surface area contributed by atoms with Crippen LogP contribution in [0.5, 0.6) is 0 Å². The molecular formula is C14H11F2NO. The summed E-state index contributed by atoms with van der Waals surface area (Å²) in [7, 11) is 0. The Morgan fingerprint density at radius 1 is 1.06 bits per heavy atom. The van der Waals surface area contributed by atoms with Gasteiger partial charge in [0.15, 0.2) is 0 Å². The number of rotatable bonds is 2. The zero-order chi connectivity index (χ0) is 13.1. The van der Waals surface area contributed by atoms with Crippen molar-refractivity contribution in [3.63, 3.8) is 0 Å². The van der Waals surface area contributed by atoms with E-state index in [4.69, 9.17) is 0 Å². The maximum atomic E-state index is 13.3. The maximum Gasteiger partial charge on any atom is 0.255 e. The molecule has 2 rings (SSSR count). The number of benzene rings is 2. The largest absolute Gasteiger partial charge is 0.322 e. The highest BCUT2D eigenvalue weighted by atomic mass is 19.1. The van der Waals surface area contributed by atoms with E-state index in [2.05, 4.69) is 5.32 Å². The van der Waals surface area contributed by atoms with Gasteiger partial charge in [0, 0.05) is 11.3 Å². The zero-order valence-electron chi connectivity index (χ0n) is 9.71. The summed E-state index contributed by atoms with van der Waals surface area (Å²) in [6, 6.07) is 9.62. The minimum Gasteiger partial charge on any atom is -0.322 e. The molecule has 0 fully saturated rings. The first-order valence-electron chi connectivity index (χ1n) is 5.39. The second kappa shape index (κ2) is 4.96. The van der Waals surface area contributed by atoms with Gasteiger partial charge in [0.1, 0.15) is 11.6 Å². The molecule has 0 unspecified atom stereocenters. The van der Waals surface area contributed by atoms with Crippen LogP contribution in [0.2, 0.25) is 0 Å². The summed E-state index contributed by atoms with van der Waals surface area (Å²) in [5.74, 6) is -1.24.